The first-order valence-electron chi connectivity index (χ1n) is 7.60. The van der Waals surface area contributed by atoms with Crippen LogP contribution < -0.4 is 4.90 Å². The van der Waals surface area contributed by atoms with Crippen molar-refractivity contribution in [1.29, 1.82) is 5.26 Å². The van der Waals surface area contributed by atoms with Gasteiger partial charge < -0.3 is 14.4 Å². The molecule has 0 N–H and O–H groups in total. The topological polar surface area (TPSA) is 52.3 Å². The third kappa shape index (κ3) is 3.38. The number of nitriles is 1. The molecular weight excluding hydrogens is 264 g/mol. The van der Waals surface area contributed by atoms with Crippen LogP contribution in [0.2, 0.25) is 0 Å². The lowest BCUT2D eigenvalue weighted by molar-refractivity contribution is -0.131. The fraction of sp³-hybridized carbons (Fsp3) is 0.625. The van der Waals surface area contributed by atoms with E-state index in [1.807, 2.05) is 11.0 Å². The summed E-state index contributed by atoms with van der Waals surface area (Å²) in [6.07, 6.45) is 5.19. The number of amides is 1. The molecule has 2 rings (SSSR count). The van der Waals surface area contributed by atoms with Crippen LogP contribution >= 0.6 is 0 Å². The zero-order valence-corrected chi connectivity index (χ0v) is 13.1. The van der Waals surface area contributed by atoms with Gasteiger partial charge in [0.05, 0.1) is 11.8 Å². The lowest BCUT2D eigenvalue weighted by atomic mass is 9.92. The van der Waals surface area contributed by atoms with Gasteiger partial charge in [0.1, 0.15) is 6.42 Å². The Bertz CT molecular complexity index is 531. The maximum atomic E-state index is 11.9. The highest BCUT2D eigenvalue weighted by molar-refractivity contribution is 5.78. The van der Waals surface area contributed by atoms with E-state index in [-0.39, 0.29) is 12.3 Å². The minimum Gasteiger partial charge on any atom is -0.368 e. The molecule has 1 aliphatic heterocycles. The average Bonchev–Trinajstić information content (AvgIpc) is 2.96. The van der Waals surface area contributed by atoms with Crippen molar-refractivity contribution < 1.29 is 4.79 Å². The molecule has 0 bridgehead atoms. The summed E-state index contributed by atoms with van der Waals surface area (Å²) in [5, 5.41) is 8.69. The number of aryl methyl sites for hydroxylation is 1. The number of rotatable bonds is 4. The van der Waals surface area contributed by atoms with Gasteiger partial charge in [0, 0.05) is 45.1 Å². The van der Waals surface area contributed by atoms with Gasteiger partial charge in [0.15, 0.2) is 0 Å². The summed E-state index contributed by atoms with van der Waals surface area (Å²) < 4.78 is 2.15. The number of hydrogen-bond donors (Lipinski definition) is 0. The van der Waals surface area contributed by atoms with E-state index in [4.69, 9.17) is 5.26 Å². The molecule has 0 saturated carbocycles. The summed E-state index contributed by atoms with van der Waals surface area (Å²) in [5.41, 5.74) is 1.18. The van der Waals surface area contributed by atoms with E-state index in [0.29, 0.717) is 18.5 Å². The summed E-state index contributed by atoms with van der Waals surface area (Å²) in [4.78, 5) is 16.0. The standard InChI is InChI=1S/C16H24N4O/c1-4-19-9-7-14(11-19)18(3)15-12-20(10-6-13(15)2)16(21)5-8-17/h7,9,11,13,15H,4-6,10,12H2,1-3H3. The second-order valence-corrected chi connectivity index (χ2v) is 5.82. The number of likely N-dealkylation sites (N-methyl/N-ethyl adjacent to an activating group) is 1. The Kier molecular flexibility index (Phi) is 4.89. The highest BCUT2D eigenvalue weighted by atomic mass is 16.2. The maximum Gasteiger partial charge on any atom is 0.236 e. The Labute approximate surface area is 126 Å². The van der Waals surface area contributed by atoms with E-state index in [2.05, 4.69) is 48.8 Å². The van der Waals surface area contributed by atoms with E-state index in [0.717, 1.165) is 19.5 Å². The van der Waals surface area contributed by atoms with Crippen molar-refractivity contribution in [1.82, 2.24) is 9.47 Å². The Morgan fingerprint density at radius 2 is 2.33 bits per heavy atom. The number of aromatic nitrogens is 1. The smallest absolute Gasteiger partial charge is 0.236 e. The van der Waals surface area contributed by atoms with Gasteiger partial charge in [0.2, 0.25) is 5.91 Å². The minimum atomic E-state index is -0.0473. The number of carbonyl (C=O) groups is 1. The molecule has 0 aliphatic carbocycles. The second-order valence-electron chi connectivity index (χ2n) is 5.82. The number of piperidine rings is 1. The van der Waals surface area contributed by atoms with Gasteiger partial charge in [-0.05, 0) is 25.3 Å². The summed E-state index contributed by atoms with van der Waals surface area (Å²) in [7, 11) is 2.09. The van der Waals surface area contributed by atoms with Crippen molar-refractivity contribution >= 4 is 11.6 Å². The first-order chi connectivity index (χ1) is 10.1. The van der Waals surface area contributed by atoms with E-state index in [1.165, 1.54) is 5.69 Å². The maximum absolute atomic E-state index is 11.9. The zero-order chi connectivity index (χ0) is 15.4. The number of anilines is 1. The first-order valence-corrected chi connectivity index (χ1v) is 7.60. The Morgan fingerprint density at radius 3 is 2.95 bits per heavy atom. The lowest BCUT2D eigenvalue weighted by Gasteiger charge is -2.42. The van der Waals surface area contributed by atoms with Crippen molar-refractivity contribution in [2.24, 2.45) is 5.92 Å². The molecular formula is C16H24N4O. The average molecular weight is 288 g/mol. The molecule has 2 unspecified atom stereocenters. The molecule has 1 saturated heterocycles. The molecule has 1 fully saturated rings. The van der Waals surface area contributed by atoms with E-state index >= 15 is 0 Å². The van der Waals surface area contributed by atoms with E-state index in [1.54, 1.807) is 0 Å². The van der Waals surface area contributed by atoms with Gasteiger partial charge in [-0.25, -0.2) is 0 Å². The van der Waals surface area contributed by atoms with Gasteiger partial charge >= 0.3 is 0 Å². The minimum absolute atomic E-state index is 0.0168. The fourth-order valence-corrected chi connectivity index (χ4v) is 2.98. The van der Waals surface area contributed by atoms with Crippen LogP contribution in [0.5, 0.6) is 0 Å². The summed E-state index contributed by atoms with van der Waals surface area (Å²) in [6, 6.07) is 4.37. The highest BCUT2D eigenvalue weighted by Gasteiger charge is 2.31. The van der Waals surface area contributed by atoms with Gasteiger partial charge in [-0.15, -0.1) is 0 Å². The molecule has 5 nitrogen and oxygen atoms in total. The van der Waals surface area contributed by atoms with Crippen LogP contribution in [0.25, 0.3) is 0 Å². The first kappa shape index (κ1) is 15.4. The summed E-state index contributed by atoms with van der Waals surface area (Å²) in [6.45, 7) is 6.79. The Balaban J connectivity index is 2.09. The number of carbonyl (C=O) groups excluding carboxylic acids is 1. The molecule has 2 heterocycles. The predicted octanol–water partition coefficient (Wildman–Crippen LogP) is 2.09. The van der Waals surface area contributed by atoms with Gasteiger partial charge in [-0.3, -0.25) is 4.79 Å². The van der Waals surface area contributed by atoms with Crippen molar-refractivity contribution in [2.45, 2.75) is 39.3 Å². The molecule has 0 aromatic carbocycles. The number of likely N-dealkylation sites (tertiary alicyclic amines) is 1. The van der Waals surface area contributed by atoms with Crippen LogP contribution in [0.3, 0.4) is 0 Å². The van der Waals surface area contributed by atoms with Crippen LogP contribution in [0.1, 0.15) is 26.7 Å². The molecule has 21 heavy (non-hydrogen) atoms. The van der Waals surface area contributed by atoms with E-state index < -0.39 is 0 Å². The van der Waals surface area contributed by atoms with Crippen molar-refractivity contribution in [3.8, 4) is 6.07 Å². The van der Waals surface area contributed by atoms with Crippen LogP contribution in [-0.2, 0) is 11.3 Å². The monoisotopic (exact) mass is 288 g/mol. The molecule has 114 valence electrons. The molecule has 0 radical (unpaired) electrons. The largest absolute Gasteiger partial charge is 0.368 e. The Hall–Kier alpha value is -1.96. The third-order valence-electron chi connectivity index (χ3n) is 4.51. The van der Waals surface area contributed by atoms with Gasteiger partial charge in [-0.1, -0.05) is 6.92 Å². The van der Waals surface area contributed by atoms with Crippen LogP contribution in [0.15, 0.2) is 18.5 Å². The quantitative estimate of drug-likeness (QED) is 0.852. The van der Waals surface area contributed by atoms with Crippen molar-refractivity contribution in [3.05, 3.63) is 18.5 Å². The second kappa shape index (κ2) is 6.66. The molecule has 2 atom stereocenters. The molecule has 1 amide bonds. The summed E-state index contributed by atoms with van der Waals surface area (Å²) in [5.74, 6) is 0.486. The Morgan fingerprint density at radius 1 is 1.57 bits per heavy atom. The zero-order valence-electron chi connectivity index (χ0n) is 13.1. The van der Waals surface area contributed by atoms with Crippen molar-refractivity contribution in [3.63, 3.8) is 0 Å². The molecule has 0 spiro atoms. The number of hydrogen-bond acceptors (Lipinski definition) is 3. The lowest BCUT2D eigenvalue weighted by Crippen LogP contribution is -2.52. The van der Waals surface area contributed by atoms with Crippen LogP contribution in [-0.4, -0.2) is 41.6 Å². The molecule has 1 aromatic heterocycles. The van der Waals surface area contributed by atoms with Gasteiger partial charge in [-0.2, -0.15) is 5.26 Å². The van der Waals surface area contributed by atoms with Crippen LogP contribution in [0, 0.1) is 17.2 Å². The molecule has 1 aliphatic rings. The SMILES string of the molecule is CCn1ccc(N(C)C2CN(C(=O)CC#N)CCC2C)c1. The number of nitrogens with zero attached hydrogens (tertiary/aromatic N) is 4. The third-order valence-corrected chi connectivity index (χ3v) is 4.51. The van der Waals surface area contributed by atoms with Crippen LogP contribution in [0.4, 0.5) is 5.69 Å². The highest BCUT2D eigenvalue weighted by Crippen LogP contribution is 2.26. The predicted molar refractivity (Wildman–Crippen MR) is 82.9 cm³/mol. The summed E-state index contributed by atoms with van der Waals surface area (Å²) >= 11 is 0. The fourth-order valence-electron chi connectivity index (χ4n) is 2.98. The normalized spacial score (nSPS) is 21.9. The molecule has 5 heteroatoms. The van der Waals surface area contributed by atoms with E-state index in [9.17, 15) is 4.79 Å². The van der Waals surface area contributed by atoms with Gasteiger partial charge in [0.25, 0.3) is 0 Å². The molecule has 1 aromatic rings. The van der Waals surface area contributed by atoms with Crippen molar-refractivity contribution in [2.75, 3.05) is 25.0 Å².